The lowest BCUT2D eigenvalue weighted by Crippen LogP contribution is -2.18. The van der Waals surface area contributed by atoms with Crippen LogP contribution in [0.1, 0.15) is 30.4 Å². The predicted molar refractivity (Wildman–Crippen MR) is 70.5 cm³/mol. The van der Waals surface area contributed by atoms with Crippen LogP contribution in [0.15, 0.2) is 10.9 Å². The van der Waals surface area contributed by atoms with Gasteiger partial charge in [0.15, 0.2) is 0 Å². The second-order valence-corrected chi connectivity index (χ2v) is 4.62. The molecule has 2 rings (SSSR count). The lowest BCUT2D eigenvalue weighted by Gasteiger charge is -2.02. The Morgan fingerprint density at radius 1 is 1.33 bits per heavy atom. The summed E-state index contributed by atoms with van der Waals surface area (Å²) in [4.78, 5) is 20.5. The summed E-state index contributed by atoms with van der Waals surface area (Å²) in [6, 6.07) is 1.85. The minimum absolute atomic E-state index is 0.222. The van der Waals surface area contributed by atoms with E-state index in [1.807, 2.05) is 26.8 Å². The summed E-state index contributed by atoms with van der Waals surface area (Å²) >= 11 is 6.00. The molecule has 6 heteroatoms. The Labute approximate surface area is 110 Å². The van der Waals surface area contributed by atoms with E-state index in [4.69, 9.17) is 11.6 Å². The van der Waals surface area contributed by atoms with Gasteiger partial charge in [0.25, 0.3) is 11.5 Å². The van der Waals surface area contributed by atoms with Crippen molar-refractivity contribution in [1.82, 2.24) is 19.7 Å². The van der Waals surface area contributed by atoms with Crippen LogP contribution < -0.4 is 5.56 Å². The molecule has 18 heavy (non-hydrogen) atoms. The van der Waals surface area contributed by atoms with E-state index in [1.54, 1.807) is 0 Å². The molecule has 0 radical (unpaired) electrons. The van der Waals surface area contributed by atoms with Gasteiger partial charge in [0.05, 0.1) is 5.69 Å². The third kappa shape index (κ3) is 2.31. The SMILES string of the molecule is CCCc1[nH]n(-c2nc(C)cc(C)n2)c(=O)c1Cl. The highest BCUT2D eigenvalue weighted by molar-refractivity contribution is 6.31. The molecule has 0 saturated heterocycles. The molecule has 0 aliphatic heterocycles. The fraction of sp³-hybridized carbons (Fsp3) is 0.417. The second-order valence-electron chi connectivity index (χ2n) is 4.25. The van der Waals surface area contributed by atoms with Crippen molar-refractivity contribution in [1.29, 1.82) is 0 Å². The second kappa shape index (κ2) is 4.94. The summed E-state index contributed by atoms with van der Waals surface area (Å²) in [5.74, 6) is 0.335. The van der Waals surface area contributed by atoms with E-state index < -0.39 is 0 Å². The average molecular weight is 267 g/mol. The first-order valence-electron chi connectivity index (χ1n) is 5.85. The van der Waals surface area contributed by atoms with Crippen LogP contribution in [0, 0.1) is 13.8 Å². The van der Waals surface area contributed by atoms with E-state index in [-0.39, 0.29) is 10.6 Å². The Kier molecular flexibility index (Phi) is 3.52. The molecule has 0 unspecified atom stereocenters. The standard InChI is InChI=1S/C12H15ClN4O/c1-4-5-9-10(13)11(18)17(16-9)12-14-7(2)6-8(3)15-12/h6,16H,4-5H2,1-3H3. The highest BCUT2D eigenvalue weighted by Gasteiger charge is 2.14. The van der Waals surface area contributed by atoms with Crippen molar-refractivity contribution in [3.8, 4) is 5.95 Å². The van der Waals surface area contributed by atoms with Crippen LogP contribution in [-0.4, -0.2) is 19.7 Å². The van der Waals surface area contributed by atoms with E-state index in [1.165, 1.54) is 4.68 Å². The first-order valence-corrected chi connectivity index (χ1v) is 6.22. The Bertz CT molecular complexity index is 609. The van der Waals surface area contributed by atoms with Crippen LogP contribution in [-0.2, 0) is 6.42 Å². The number of halogens is 1. The van der Waals surface area contributed by atoms with Gasteiger partial charge in [-0.15, -0.1) is 0 Å². The molecule has 2 heterocycles. The van der Waals surface area contributed by atoms with Crippen LogP contribution in [0.5, 0.6) is 0 Å². The predicted octanol–water partition coefficient (Wildman–Crippen LogP) is 2.18. The number of aromatic nitrogens is 4. The maximum Gasteiger partial charge on any atom is 0.292 e. The van der Waals surface area contributed by atoms with Gasteiger partial charge in [-0.05, 0) is 26.3 Å². The summed E-state index contributed by atoms with van der Waals surface area (Å²) in [6.45, 7) is 5.75. The Balaban J connectivity index is 2.57. The fourth-order valence-electron chi connectivity index (χ4n) is 1.83. The molecule has 0 amide bonds. The van der Waals surface area contributed by atoms with Crippen LogP contribution >= 0.6 is 11.6 Å². The lowest BCUT2D eigenvalue weighted by atomic mass is 10.2. The molecule has 0 spiro atoms. The normalized spacial score (nSPS) is 10.9. The van der Waals surface area contributed by atoms with Crippen molar-refractivity contribution < 1.29 is 0 Å². The zero-order valence-electron chi connectivity index (χ0n) is 10.6. The third-order valence-corrected chi connectivity index (χ3v) is 2.96. The fourth-order valence-corrected chi connectivity index (χ4v) is 2.05. The molecule has 2 aromatic heterocycles. The van der Waals surface area contributed by atoms with Crippen LogP contribution in [0.2, 0.25) is 5.02 Å². The number of hydrogen-bond acceptors (Lipinski definition) is 3. The van der Waals surface area contributed by atoms with E-state index in [0.29, 0.717) is 5.95 Å². The number of aryl methyl sites for hydroxylation is 3. The Morgan fingerprint density at radius 3 is 2.50 bits per heavy atom. The topological polar surface area (TPSA) is 63.6 Å². The molecule has 0 aliphatic carbocycles. The summed E-state index contributed by atoms with van der Waals surface area (Å²) in [5.41, 5.74) is 2.05. The molecule has 0 bridgehead atoms. The average Bonchev–Trinajstić information content (AvgIpc) is 2.57. The molecule has 0 fully saturated rings. The summed E-state index contributed by atoms with van der Waals surface area (Å²) in [5, 5.41) is 3.19. The largest absolute Gasteiger partial charge is 0.292 e. The quantitative estimate of drug-likeness (QED) is 0.926. The monoisotopic (exact) mass is 266 g/mol. The molecule has 0 atom stereocenters. The minimum Gasteiger partial charge on any atom is -0.291 e. The zero-order valence-corrected chi connectivity index (χ0v) is 11.4. The van der Waals surface area contributed by atoms with Gasteiger partial charge in [-0.2, -0.15) is 4.68 Å². The van der Waals surface area contributed by atoms with Crippen molar-refractivity contribution >= 4 is 11.6 Å². The zero-order chi connectivity index (χ0) is 13.3. The number of hydrogen-bond donors (Lipinski definition) is 1. The van der Waals surface area contributed by atoms with Gasteiger partial charge in [0, 0.05) is 11.4 Å². The Hall–Kier alpha value is -1.62. The van der Waals surface area contributed by atoms with Crippen LogP contribution in [0.4, 0.5) is 0 Å². The van der Waals surface area contributed by atoms with Crippen molar-refractivity contribution in [3.63, 3.8) is 0 Å². The number of nitrogens with zero attached hydrogens (tertiary/aromatic N) is 3. The van der Waals surface area contributed by atoms with E-state index >= 15 is 0 Å². The Morgan fingerprint density at radius 2 is 1.94 bits per heavy atom. The molecule has 96 valence electrons. The maximum atomic E-state index is 12.0. The molecule has 0 aliphatic rings. The van der Waals surface area contributed by atoms with Gasteiger partial charge in [-0.25, -0.2) is 9.97 Å². The van der Waals surface area contributed by atoms with Gasteiger partial charge in [0.1, 0.15) is 5.02 Å². The third-order valence-electron chi connectivity index (χ3n) is 2.57. The van der Waals surface area contributed by atoms with Crippen LogP contribution in [0.3, 0.4) is 0 Å². The first kappa shape index (κ1) is 12.8. The summed E-state index contributed by atoms with van der Waals surface area (Å²) in [6.07, 6.45) is 1.64. The van der Waals surface area contributed by atoms with Crippen LogP contribution in [0.25, 0.3) is 5.95 Å². The number of rotatable bonds is 3. The molecule has 0 aromatic carbocycles. The van der Waals surface area contributed by atoms with Crippen molar-refractivity contribution in [2.45, 2.75) is 33.6 Å². The van der Waals surface area contributed by atoms with E-state index in [9.17, 15) is 4.79 Å². The van der Waals surface area contributed by atoms with Crippen molar-refractivity contribution in [2.75, 3.05) is 0 Å². The first-order chi connectivity index (χ1) is 8.52. The molecular formula is C12H15ClN4O. The summed E-state index contributed by atoms with van der Waals surface area (Å²) < 4.78 is 1.30. The summed E-state index contributed by atoms with van der Waals surface area (Å²) in [7, 11) is 0. The smallest absolute Gasteiger partial charge is 0.291 e. The minimum atomic E-state index is -0.301. The molecule has 2 aromatic rings. The van der Waals surface area contributed by atoms with Crippen molar-refractivity contribution in [3.05, 3.63) is 38.5 Å². The van der Waals surface area contributed by atoms with Crippen molar-refractivity contribution in [2.24, 2.45) is 0 Å². The van der Waals surface area contributed by atoms with Gasteiger partial charge in [-0.3, -0.25) is 9.89 Å². The van der Waals surface area contributed by atoms with E-state index in [0.717, 1.165) is 29.9 Å². The molecule has 1 N–H and O–H groups in total. The van der Waals surface area contributed by atoms with E-state index in [2.05, 4.69) is 15.1 Å². The highest BCUT2D eigenvalue weighted by atomic mass is 35.5. The molecular weight excluding hydrogens is 252 g/mol. The number of H-pyrrole nitrogens is 1. The maximum absolute atomic E-state index is 12.0. The number of aromatic amines is 1. The lowest BCUT2D eigenvalue weighted by molar-refractivity contribution is 0.743. The van der Waals surface area contributed by atoms with Gasteiger partial charge < -0.3 is 0 Å². The molecule has 5 nitrogen and oxygen atoms in total. The number of nitrogens with one attached hydrogen (secondary N) is 1. The van der Waals surface area contributed by atoms with Gasteiger partial charge in [0.2, 0.25) is 0 Å². The molecule has 0 saturated carbocycles. The van der Waals surface area contributed by atoms with Gasteiger partial charge in [-0.1, -0.05) is 24.9 Å². The highest BCUT2D eigenvalue weighted by Crippen LogP contribution is 2.12. The van der Waals surface area contributed by atoms with Gasteiger partial charge >= 0.3 is 0 Å².